The number of benzene rings is 1. The molecule has 4 heteroatoms. The third-order valence-electron chi connectivity index (χ3n) is 1.52. The average molecular weight is 273 g/mol. The summed E-state index contributed by atoms with van der Waals surface area (Å²) in [5.41, 5.74) is 0.413. The molecule has 0 bridgehead atoms. The van der Waals surface area contributed by atoms with Crippen LogP contribution in [0.2, 0.25) is 5.02 Å². The van der Waals surface area contributed by atoms with Gasteiger partial charge in [-0.2, -0.15) is 0 Å². The van der Waals surface area contributed by atoms with Crippen molar-refractivity contribution in [1.82, 2.24) is 5.32 Å². The predicted octanol–water partition coefficient (Wildman–Crippen LogP) is 2.47. The molecule has 0 heterocycles. The Hall–Kier alpha value is -0.980. The number of hydrogen-bond donors (Lipinski definition) is 1. The normalized spacial score (nSPS) is 9.21. The van der Waals surface area contributed by atoms with Crippen molar-refractivity contribution >= 4 is 33.4 Å². The molecule has 1 N–H and O–H groups in total. The molecule has 0 fully saturated rings. The van der Waals surface area contributed by atoms with Gasteiger partial charge in [0, 0.05) is 4.47 Å². The van der Waals surface area contributed by atoms with Crippen molar-refractivity contribution in [2.45, 2.75) is 0 Å². The van der Waals surface area contributed by atoms with Crippen LogP contribution in [0.1, 0.15) is 10.4 Å². The lowest BCUT2D eigenvalue weighted by Gasteiger charge is -2.04. The second-order valence-corrected chi connectivity index (χ2v) is 3.83. The van der Waals surface area contributed by atoms with Crippen LogP contribution in [-0.2, 0) is 0 Å². The summed E-state index contributed by atoms with van der Waals surface area (Å²) >= 11 is 9.09. The average Bonchev–Trinajstić information content (AvgIpc) is 2.18. The summed E-state index contributed by atoms with van der Waals surface area (Å²) < 4.78 is 0.799. The monoisotopic (exact) mass is 271 g/mol. The van der Waals surface area contributed by atoms with Crippen molar-refractivity contribution < 1.29 is 4.79 Å². The Balaban J connectivity index is 2.90. The third kappa shape index (κ3) is 2.76. The minimum absolute atomic E-state index is 0.196. The van der Waals surface area contributed by atoms with Gasteiger partial charge < -0.3 is 5.32 Å². The van der Waals surface area contributed by atoms with Crippen LogP contribution in [0.4, 0.5) is 0 Å². The van der Waals surface area contributed by atoms with Gasteiger partial charge in [-0.3, -0.25) is 4.79 Å². The molecule has 0 unspecified atom stereocenters. The SMILES string of the molecule is C#CCNC(=O)c1cc(Br)ccc1Cl. The summed E-state index contributed by atoms with van der Waals surface area (Å²) in [5.74, 6) is 2.05. The smallest absolute Gasteiger partial charge is 0.253 e. The Morgan fingerprint density at radius 3 is 3.00 bits per heavy atom. The number of halogens is 2. The zero-order chi connectivity index (χ0) is 10.6. The number of rotatable bonds is 2. The first-order valence-corrected chi connectivity index (χ1v) is 4.99. The van der Waals surface area contributed by atoms with E-state index in [0.717, 1.165) is 4.47 Å². The van der Waals surface area contributed by atoms with Crippen LogP contribution in [0.3, 0.4) is 0 Å². The second kappa shape index (κ2) is 5.04. The van der Waals surface area contributed by atoms with Crippen molar-refractivity contribution in [3.05, 3.63) is 33.3 Å². The van der Waals surface area contributed by atoms with E-state index in [4.69, 9.17) is 18.0 Å². The van der Waals surface area contributed by atoms with Crippen molar-refractivity contribution in [2.75, 3.05) is 6.54 Å². The highest BCUT2D eigenvalue weighted by Crippen LogP contribution is 2.20. The van der Waals surface area contributed by atoms with Crippen LogP contribution in [0.25, 0.3) is 0 Å². The van der Waals surface area contributed by atoms with Crippen LogP contribution in [-0.4, -0.2) is 12.5 Å². The Morgan fingerprint density at radius 2 is 2.36 bits per heavy atom. The number of amides is 1. The number of hydrogen-bond acceptors (Lipinski definition) is 1. The maximum absolute atomic E-state index is 11.5. The zero-order valence-corrected chi connectivity index (χ0v) is 9.52. The summed E-state index contributed by atoms with van der Waals surface area (Å²) in [6, 6.07) is 5.06. The largest absolute Gasteiger partial charge is 0.341 e. The van der Waals surface area contributed by atoms with E-state index in [1.54, 1.807) is 18.2 Å². The summed E-state index contributed by atoms with van der Waals surface area (Å²) in [6.07, 6.45) is 5.02. The Bertz CT molecular complexity index is 398. The van der Waals surface area contributed by atoms with Crippen LogP contribution in [0.5, 0.6) is 0 Å². The molecule has 1 amide bonds. The van der Waals surface area contributed by atoms with Gasteiger partial charge in [0.05, 0.1) is 17.1 Å². The number of nitrogens with one attached hydrogen (secondary N) is 1. The van der Waals surface area contributed by atoms with Gasteiger partial charge in [0.2, 0.25) is 0 Å². The van der Waals surface area contributed by atoms with Crippen molar-refractivity contribution in [3.63, 3.8) is 0 Å². The van der Waals surface area contributed by atoms with Crippen LogP contribution in [0, 0.1) is 12.3 Å². The lowest BCUT2D eigenvalue weighted by atomic mass is 10.2. The van der Waals surface area contributed by atoms with Gasteiger partial charge in [0.1, 0.15) is 0 Å². The molecule has 72 valence electrons. The molecular weight excluding hydrogens is 265 g/mol. The fourth-order valence-corrected chi connectivity index (χ4v) is 1.46. The highest BCUT2D eigenvalue weighted by Gasteiger charge is 2.09. The highest BCUT2D eigenvalue weighted by molar-refractivity contribution is 9.10. The fraction of sp³-hybridized carbons (Fsp3) is 0.100. The van der Waals surface area contributed by atoms with Crippen LogP contribution >= 0.6 is 27.5 Å². The van der Waals surface area contributed by atoms with E-state index < -0.39 is 0 Å². The third-order valence-corrected chi connectivity index (χ3v) is 2.35. The van der Waals surface area contributed by atoms with E-state index in [9.17, 15) is 4.79 Å². The standard InChI is InChI=1S/C10H7BrClNO/c1-2-5-13-10(14)8-6-7(11)3-4-9(8)12/h1,3-4,6H,5H2,(H,13,14). The molecule has 0 saturated carbocycles. The van der Waals surface area contributed by atoms with E-state index in [-0.39, 0.29) is 12.5 Å². The van der Waals surface area contributed by atoms with E-state index >= 15 is 0 Å². The zero-order valence-electron chi connectivity index (χ0n) is 7.18. The molecular formula is C10H7BrClNO. The molecule has 0 aromatic heterocycles. The second-order valence-electron chi connectivity index (χ2n) is 2.51. The Kier molecular flexibility index (Phi) is 3.99. The van der Waals surface area contributed by atoms with E-state index in [2.05, 4.69) is 27.2 Å². The molecule has 1 aromatic carbocycles. The van der Waals surface area contributed by atoms with Crippen molar-refractivity contribution in [2.24, 2.45) is 0 Å². The molecule has 0 saturated heterocycles. The first kappa shape index (κ1) is 11.1. The van der Waals surface area contributed by atoms with Crippen LogP contribution < -0.4 is 5.32 Å². The minimum atomic E-state index is -0.269. The maximum Gasteiger partial charge on any atom is 0.253 e. The number of carbonyl (C=O) groups excluding carboxylic acids is 1. The molecule has 1 aromatic rings. The predicted molar refractivity (Wildman–Crippen MR) is 60.3 cm³/mol. The Morgan fingerprint density at radius 1 is 1.64 bits per heavy atom. The van der Waals surface area contributed by atoms with Gasteiger partial charge in [-0.15, -0.1) is 6.42 Å². The molecule has 0 radical (unpaired) electrons. The van der Waals surface area contributed by atoms with Gasteiger partial charge in [-0.25, -0.2) is 0 Å². The van der Waals surface area contributed by atoms with E-state index in [0.29, 0.717) is 10.6 Å². The van der Waals surface area contributed by atoms with Gasteiger partial charge in [0.15, 0.2) is 0 Å². The quantitative estimate of drug-likeness (QED) is 0.823. The first-order chi connectivity index (χ1) is 6.65. The molecule has 0 atom stereocenters. The first-order valence-electron chi connectivity index (χ1n) is 3.82. The van der Waals surface area contributed by atoms with Crippen LogP contribution in [0.15, 0.2) is 22.7 Å². The number of terminal acetylenes is 1. The lowest BCUT2D eigenvalue weighted by Crippen LogP contribution is -2.23. The molecule has 0 aliphatic heterocycles. The summed E-state index contributed by atoms with van der Waals surface area (Å²) in [6.45, 7) is 0.196. The summed E-state index contributed by atoms with van der Waals surface area (Å²) in [5, 5.41) is 2.94. The lowest BCUT2D eigenvalue weighted by molar-refractivity contribution is 0.0959. The van der Waals surface area contributed by atoms with E-state index in [1.807, 2.05) is 0 Å². The molecule has 14 heavy (non-hydrogen) atoms. The molecule has 2 nitrogen and oxygen atoms in total. The number of carbonyl (C=O) groups is 1. The maximum atomic E-state index is 11.5. The van der Waals surface area contributed by atoms with Crippen molar-refractivity contribution in [3.8, 4) is 12.3 Å². The molecule has 0 aliphatic rings. The fourth-order valence-electron chi connectivity index (χ4n) is 0.898. The minimum Gasteiger partial charge on any atom is -0.341 e. The molecule has 1 rings (SSSR count). The van der Waals surface area contributed by atoms with Gasteiger partial charge in [-0.05, 0) is 18.2 Å². The highest BCUT2D eigenvalue weighted by atomic mass is 79.9. The van der Waals surface area contributed by atoms with E-state index in [1.165, 1.54) is 0 Å². The Labute approximate surface area is 95.8 Å². The van der Waals surface area contributed by atoms with Crippen molar-refractivity contribution in [1.29, 1.82) is 0 Å². The summed E-state index contributed by atoms with van der Waals surface area (Å²) in [4.78, 5) is 11.5. The summed E-state index contributed by atoms with van der Waals surface area (Å²) in [7, 11) is 0. The van der Waals surface area contributed by atoms with Gasteiger partial charge in [0.25, 0.3) is 5.91 Å². The topological polar surface area (TPSA) is 29.1 Å². The van der Waals surface area contributed by atoms with Gasteiger partial charge >= 0.3 is 0 Å². The molecule has 0 spiro atoms. The molecule has 0 aliphatic carbocycles. The van der Waals surface area contributed by atoms with Gasteiger partial charge in [-0.1, -0.05) is 33.5 Å².